The van der Waals surface area contributed by atoms with E-state index in [2.05, 4.69) is 4.74 Å². The minimum absolute atomic E-state index is 0.107. The van der Waals surface area contributed by atoms with Crippen LogP contribution in [0.1, 0.15) is 32.8 Å². The fourth-order valence-electron chi connectivity index (χ4n) is 3.15. The Morgan fingerprint density at radius 3 is 2.55 bits per heavy atom. The summed E-state index contributed by atoms with van der Waals surface area (Å²) in [6.45, 7) is 5.16. The topological polar surface area (TPSA) is 63.6 Å². The zero-order valence-electron chi connectivity index (χ0n) is 16.8. The molecule has 2 rings (SSSR count). The van der Waals surface area contributed by atoms with Gasteiger partial charge in [-0.15, -0.1) is 0 Å². The number of aliphatic hydroxyl groups is 1. The van der Waals surface area contributed by atoms with E-state index in [1.54, 1.807) is 26.8 Å². The summed E-state index contributed by atoms with van der Waals surface area (Å²) in [6, 6.07) is 3.16. The molecule has 0 bridgehead atoms. The van der Waals surface area contributed by atoms with Crippen molar-refractivity contribution in [3.63, 3.8) is 0 Å². The zero-order valence-corrected chi connectivity index (χ0v) is 16.8. The van der Waals surface area contributed by atoms with Gasteiger partial charge >= 0.3 is 5.97 Å². The molecule has 0 spiro atoms. The fourth-order valence-corrected chi connectivity index (χ4v) is 3.15. The molecule has 1 aliphatic rings. The summed E-state index contributed by atoms with van der Waals surface area (Å²) in [5, 5.41) is 11.5. The van der Waals surface area contributed by atoms with Gasteiger partial charge in [0.1, 0.15) is 17.2 Å². The van der Waals surface area contributed by atoms with E-state index in [9.17, 15) is 23.5 Å². The molecule has 1 atom stereocenters. The van der Waals surface area contributed by atoms with E-state index in [4.69, 9.17) is 0 Å². The van der Waals surface area contributed by atoms with Crippen molar-refractivity contribution in [2.75, 3.05) is 7.11 Å². The summed E-state index contributed by atoms with van der Waals surface area (Å²) in [4.78, 5) is 23.6. The van der Waals surface area contributed by atoms with Gasteiger partial charge in [-0.25, -0.2) is 13.6 Å². The molecule has 0 heterocycles. The van der Waals surface area contributed by atoms with E-state index in [1.807, 2.05) is 0 Å². The van der Waals surface area contributed by atoms with Crippen molar-refractivity contribution in [3.05, 3.63) is 76.9 Å². The van der Waals surface area contributed by atoms with Crippen LogP contribution in [0.3, 0.4) is 0 Å². The largest absolute Gasteiger partial charge is 0.466 e. The second-order valence-electron chi connectivity index (χ2n) is 7.64. The molecule has 154 valence electrons. The number of hydrogen-bond donors (Lipinski definition) is 1. The molecule has 29 heavy (non-hydrogen) atoms. The lowest BCUT2D eigenvalue weighted by atomic mass is 9.64. The number of carbonyl (C=O) groups excluding carboxylic acids is 2. The fraction of sp³-hybridized carbons (Fsp3) is 0.304. The highest BCUT2D eigenvalue weighted by atomic mass is 19.1. The first kappa shape index (κ1) is 22.4. The van der Waals surface area contributed by atoms with Gasteiger partial charge in [-0.3, -0.25) is 4.79 Å². The van der Waals surface area contributed by atoms with Gasteiger partial charge in [0.15, 0.2) is 5.78 Å². The average Bonchev–Trinajstić information content (AvgIpc) is 2.62. The number of carbonyl (C=O) groups is 2. The summed E-state index contributed by atoms with van der Waals surface area (Å²) >= 11 is 0. The van der Waals surface area contributed by atoms with Gasteiger partial charge in [-0.05, 0) is 42.4 Å². The molecular weight excluding hydrogens is 378 g/mol. The normalized spacial score (nSPS) is 22.2. The van der Waals surface area contributed by atoms with Crippen LogP contribution in [-0.4, -0.2) is 29.6 Å². The number of benzene rings is 1. The molecule has 0 aromatic heterocycles. The smallest absolute Gasteiger partial charge is 0.330 e. The molecule has 1 aliphatic carbocycles. The summed E-state index contributed by atoms with van der Waals surface area (Å²) in [5.74, 6) is -2.15. The molecule has 0 fully saturated rings. The van der Waals surface area contributed by atoms with Gasteiger partial charge in [-0.2, -0.15) is 0 Å². The Labute approximate surface area is 168 Å². The Bertz CT molecular complexity index is 938. The molecule has 1 N–H and O–H groups in total. The number of allylic oxidation sites excluding steroid dienone is 3. The van der Waals surface area contributed by atoms with Crippen LogP contribution >= 0.6 is 0 Å². The maximum Gasteiger partial charge on any atom is 0.330 e. The first-order chi connectivity index (χ1) is 13.5. The molecule has 0 amide bonds. The molecule has 0 aliphatic heterocycles. The summed E-state index contributed by atoms with van der Waals surface area (Å²) in [6.07, 6.45) is 8.58. The van der Waals surface area contributed by atoms with Gasteiger partial charge in [0.25, 0.3) is 0 Å². The van der Waals surface area contributed by atoms with E-state index in [-0.39, 0.29) is 23.3 Å². The molecule has 1 aromatic carbocycles. The number of rotatable bonds is 5. The Balaban J connectivity index is 2.46. The third-order valence-electron chi connectivity index (χ3n) is 4.94. The Morgan fingerprint density at radius 1 is 1.24 bits per heavy atom. The van der Waals surface area contributed by atoms with Crippen LogP contribution < -0.4 is 0 Å². The Kier molecular flexibility index (Phi) is 6.69. The summed E-state index contributed by atoms with van der Waals surface area (Å²) in [7, 11) is 1.26. The highest BCUT2D eigenvalue weighted by molar-refractivity contribution is 5.94. The van der Waals surface area contributed by atoms with Crippen LogP contribution in [0.4, 0.5) is 8.78 Å². The number of ether oxygens (including phenoxy) is 1. The average molecular weight is 402 g/mol. The maximum atomic E-state index is 13.9. The van der Waals surface area contributed by atoms with Crippen LogP contribution in [0.5, 0.6) is 0 Å². The van der Waals surface area contributed by atoms with Crippen LogP contribution in [-0.2, 0) is 14.3 Å². The van der Waals surface area contributed by atoms with E-state index >= 15 is 0 Å². The molecule has 4 nitrogen and oxygen atoms in total. The second kappa shape index (κ2) is 8.66. The van der Waals surface area contributed by atoms with Crippen LogP contribution in [0, 0.1) is 17.0 Å². The summed E-state index contributed by atoms with van der Waals surface area (Å²) < 4.78 is 31.6. The minimum Gasteiger partial charge on any atom is -0.466 e. The second-order valence-corrected chi connectivity index (χ2v) is 7.64. The Morgan fingerprint density at radius 2 is 1.93 bits per heavy atom. The van der Waals surface area contributed by atoms with Gasteiger partial charge < -0.3 is 9.84 Å². The van der Waals surface area contributed by atoms with E-state index in [1.165, 1.54) is 43.6 Å². The van der Waals surface area contributed by atoms with Crippen LogP contribution in [0.15, 0.2) is 59.7 Å². The molecular formula is C23H24F2O4. The monoisotopic (exact) mass is 402 g/mol. The SMILES string of the molecule is COC(=O)/C=C(C)\C=C\[C@@]1(O)C(/C=C/c2ccc(F)cc2F)=CC(=O)CC1(C)C. The highest BCUT2D eigenvalue weighted by Gasteiger charge is 2.47. The first-order valence-corrected chi connectivity index (χ1v) is 9.04. The summed E-state index contributed by atoms with van der Waals surface area (Å²) in [5.41, 5.74) is -1.48. The van der Waals surface area contributed by atoms with Crippen molar-refractivity contribution < 1.29 is 28.2 Å². The van der Waals surface area contributed by atoms with E-state index in [0.717, 1.165) is 12.1 Å². The minimum atomic E-state index is -1.56. The molecule has 0 unspecified atom stereocenters. The van der Waals surface area contributed by atoms with Crippen LogP contribution in [0.25, 0.3) is 6.08 Å². The molecule has 0 radical (unpaired) electrons. The van der Waals surface area contributed by atoms with Crippen molar-refractivity contribution in [3.8, 4) is 0 Å². The van der Waals surface area contributed by atoms with Crippen molar-refractivity contribution in [1.29, 1.82) is 0 Å². The first-order valence-electron chi connectivity index (χ1n) is 9.04. The molecule has 1 aromatic rings. The zero-order chi connectivity index (χ0) is 21.8. The highest BCUT2D eigenvalue weighted by Crippen LogP contribution is 2.45. The van der Waals surface area contributed by atoms with Crippen molar-refractivity contribution in [2.45, 2.75) is 32.8 Å². The van der Waals surface area contributed by atoms with E-state index in [0.29, 0.717) is 5.57 Å². The van der Waals surface area contributed by atoms with Crippen LogP contribution in [0.2, 0.25) is 0 Å². The maximum absolute atomic E-state index is 13.9. The molecule has 0 saturated heterocycles. The van der Waals surface area contributed by atoms with Crippen molar-refractivity contribution in [2.24, 2.45) is 5.41 Å². The number of esters is 1. The third kappa shape index (κ3) is 5.15. The molecule has 6 heteroatoms. The van der Waals surface area contributed by atoms with E-state index < -0.39 is 28.6 Å². The Hall–Kier alpha value is -2.86. The lowest BCUT2D eigenvalue weighted by molar-refractivity contribution is -0.134. The number of ketones is 1. The lowest BCUT2D eigenvalue weighted by Crippen LogP contribution is -2.48. The predicted molar refractivity (Wildman–Crippen MR) is 107 cm³/mol. The number of hydrogen-bond acceptors (Lipinski definition) is 4. The van der Waals surface area contributed by atoms with Gasteiger partial charge in [0, 0.05) is 29.5 Å². The predicted octanol–water partition coefficient (Wildman–Crippen LogP) is 4.31. The number of halogens is 2. The van der Waals surface area contributed by atoms with Crippen molar-refractivity contribution >= 4 is 17.8 Å². The number of methoxy groups -OCH3 is 1. The van der Waals surface area contributed by atoms with Gasteiger partial charge in [0.05, 0.1) is 7.11 Å². The van der Waals surface area contributed by atoms with Crippen molar-refractivity contribution in [1.82, 2.24) is 0 Å². The quantitative estimate of drug-likeness (QED) is 0.453. The van der Waals surface area contributed by atoms with Gasteiger partial charge in [-0.1, -0.05) is 32.1 Å². The standard InChI is InChI=1S/C23H24F2O4/c1-15(11-21(27)29-4)9-10-23(28)17(12-19(26)14-22(23,2)3)7-5-16-6-8-18(24)13-20(16)25/h5-13,28H,14H2,1-4H3/b7-5+,10-9+,15-11-/t23-/m1/s1. The lowest BCUT2D eigenvalue weighted by Gasteiger charge is -2.44. The third-order valence-corrected chi connectivity index (χ3v) is 4.94. The van der Waals surface area contributed by atoms with Gasteiger partial charge in [0.2, 0.25) is 0 Å². The molecule has 0 saturated carbocycles.